The Kier molecular flexibility index (Phi) is 5.10. The van der Waals surface area contributed by atoms with Crippen LogP contribution < -0.4 is 10.2 Å². The summed E-state index contributed by atoms with van der Waals surface area (Å²) in [7, 11) is 0. The van der Waals surface area contributed by atoms with E-state index in [4.69, 9.17) is 11.2 Å². The van der Waals surface area contributed by atoms with E-state index in [1.165, 1.54) is 0 Å². The van der Waals surface area contributed by atoms with Crippen LogP contribution >= 0.6 is 0 Å². The number of carbonyl (C=O) groups is 2. The molecule has 1 fully saturated rings. The highest BCUT2D eigenvalue weighted by atomic mass is 16.5. The number of nitrogens with zero attached hydrogens (tertiary/aromatic N) is 3. The van der Waals surface area contributed by atoms with Crippen LogP contribution in [0.15, 0.2) is 12.1 Å². The molecule has 1 aromatic rings. The van der Waals surface area contributed by atoms with Gasteiger partial charge in [0.2, 0.25) is 0 Å². The minimum absolute atomic E-state index is 0.0719. The Morgan fingerprint density at radius 2 is 2.10 bits per heavy atom. The summed E-state index contributed by atoms with van der Waals surface area (Å²) in [6, 6.07) is 3.27. The van der Waals surface area contributed by atoms with Crippen molar-refractivity contribution in [2.24, 2.45) is 0 Å². The fraction of sp³-hybridized carbons (Fsp3) is 0.429. The number of amides is 1. The van der Waals surface area contributed by atoms with E-state index in [2.05, 4.69) is 26.3 Å². The highest BCUT2D eigenvalue weighted by Crippen LogP contribution is 2.16. The molecular formula is C14H16N4O3. The molecule has 1 saturated heterocycles. The van der Waals surface area contributed by atoms with Crippen molar-refractivity contribution in [1.82, 2.24) is 15.5 Å². The lowest BCUT2D eigenvalue weighted by Crippen LogP contribution is -2.29. The summed E-state index contributed by atoms with van der Waals surface area (Å²) in [6.45, 7) is 1.61. The van der Waals surface area contributed by atoms with Crippen LogP contribution in [0.25, 0.3) is 0 Å². The number of nitrogens with one attached hydrogen (secondary N) is 1. The zero-order valence-electron chi connectivity index (χ0n) is 11.5. The molecule has 0 saturated carbocycles. The zero-order chi connectivity index (χ0) is 15.1. The second-order valence-electron chi connectivity index (χ2n) is 4.53. The number of carbonyl (C=O) groups excluding carboxylic acids is 2. The molecule has 2 rings (SSSR count). The van der Waals surface area contributed by atoms with Gasteiger partial charge in [0.05, 0.1) is 6.54 Å². The fourth-order valence-electron chi connectivity index (χ4n) is 1.95. The summed E-state index contributed by atoms with van der Waals surface area (Å²) >= 11 is 0. The molecule has 1 N–H and O–H groups in total. The van der Waals surface area contributed by atoms with Gasteiger partial charge in [-0.25, -0.2) is 4.79 Å². The fourth-order valence-corrected chi connectivity index (χ4v) is 1.95. The Balaban J connectivity index is 1.85. The molecule has 0 radical (unpaired) electrons. The van der Waals surface area contributed by atoms with Crippen molar-refractivity contribution in [3.05, 3.63) is 17.8 Å². The average molecular weight is 288 g/mol. The summed E-state index contributed by atoms with van der Waals surface area (Å²) in [4.78, 5) is 25.0. The maximum absolute atomic E-state index is 11.7. The Hall–Kier alpha value is -2.62. The molecule has 0 unspecified atom stereocenters. The predicted molar refractivity (Wildman–Crippen MR) is 75.6 cm³/mol. The molecular weight excluding hydrogens is 272 g/mol. The van der Waals surface area contributed by atoms with Gasteiger partial charge in [-0.15, -0.1) is 16.6 Å². The first-order chi connectivity index (χ1) is 10.2. The first kappa shape index (κ1) is 14.8. The lowest BCUT2D eigenvalue weighted by Gasteiger charge is -2.14. The molecule has 0 aliphatic carbocycles. The Morgan fingerprint density at radius 3 is 2.71 bits per heavy atom. The van der Waals surface area contributed by atoms with E-state index in [0.29, 0.717) is 0 Å². The van der Waals surface area contributed by atoms with Gasteiger partial charge in [-0.2, -0.15) is 0 Å². The van der Waals surface area contributed by atoms with Crippen molar-refractivity contribution in [3.63, 3.8) is 0 Å². The van der Waals surface area contributed by atoms with Crippen LogP contribution in [0, 0.1) is 12.3 Å². The van der Waals surface area contributed by atoms with Crippen molar-refractivity contribution in [2.45, 2.75) is 12.8 Å². The largest absolute Gasteiger partial charge is 0.451 e. The molecule has 21 heavy (non-hydrogen) atoms. The quantitative estimate of drug-likeness (QED) is 0.605. The number of esters is 1. The van der Waals surface area contributed by atoms with E-state index < -0.39 is 18.5 Å². The van der Waals surface area contributed by atoms with Gasteiger partial charge in [-0.3, -0.25) is 4.79 Å². The molecule has 0 bridgehead atoms. The molecule has 0 atom stereocenters. The molecule has 1 aliphatic heterocycles. The molecule has 110 valence electrons. The second-order valence-corrected chi connectivity index (χ2v) is 4.53. The molecule has 7 nitrogen and oxygen atoms in total. The van der Waals surface area contributed by atoms with E-state index >= 15 is 0 Å². The van der Waals surface area contributed by atoms with Crippen LogP contribution in [0.1, 0.15) is 23.3 Å². The van der Waals surface area contributed by atoms with E-state index in [0.717, 1.165) is 31.7 Å². The first-order valence-electron chi connectivity index (χ1n) is 6.66. The number of hydrogen-bond acceptors (Lipinski definition) is 6. The number of hydrogen-bond donors (Lipinski definition) is 1. The summed E-state index contributed by atoms with van der Waals surface area (Å²) in [5.41, 5.74) is 0.0719. The van der Waals surface area contributed by atoms with E-state index in [1.54, 1.807) is 12.1 Å². The third kappa shape index (κ3) is 4.18. The van der Waals surface area contributed by atoms with Crippen LogP contribution in [0.2, 0.25) is 0 Å². The predicted octanol–water partition coefficient (Wildman–Crippen LogP) is -0.0170. The molecule has 1 aromatic heterocycles. The molecule has 2 heterocycles. The molecule has 1 amide bonds. The van der Waals surface area contributed by atoms with E-state index in [-0.39, 0.29) is 12.2 Å². The highest BCUT2D eigenvalue weighted by molar-refractivity contribution is 5.89. The topological polar surface area (TPSA) is 84.4 Å². The van der Waals surface area contributed by atoms with Gasteiger partial charge in [-0.05, 0) is 25.0 Å². The third-order valence-corrected chi connectivity index (χ3v) is 3.01. The van der Waals surface area contributed by atoms with Crippen LogP contribution in [0.5, 0.6) is 0 Å². The van der Waals surface area contributed by atoms with Gasteiger partial charge in [-0.1, -0.05) is 5.92 Å². The monoisotopic (exact) mass is 288 g/mol. The second kappa shape index (κ2) is 7.24. The number of anilines is 1. The number of rotatable bonds is 5. The maximum Gasteiger partial charge on any atom is 0.359 e. The highest BCUT2D eigenvalue weighted by Gasteiger charge is 2.16. The normalized spacial score (nSPS) is 13.6. The third-order valence-electron chi connectivity index (χ3n) is 3.01. The van der Waals surface area contributed by atoms with Crippen molar-refractivity contribution in [3.8, 4) is 12.3 Å². The zero-order valence-corrected chi connectivity index (χ0v) is 11.5. The van der Waals surface area contributed by atoms with E-state index in [1.807, 2.05) is 0 Å². The number of terminal acetylenes is 1. The Bertz CT molecular complexity index is 544. The van der Waals surface area contributed by atoms with Crippen LogP contribution in [-0.4, -0.2) is 48.3 Å². The molecule has 0 aromatic carbocycles. The molecule has 7 heteroatoms. The summed E-state index contributed by atoms with van der Waals surface area (Å²) < 4.78 is 4.82. The number of ether oxygens (including phenoxy) is 1. The van der Waals surface area contributed by atoms with Gasteiger partial charge in [0.15, 0.2) is 18.1 Å². The van der Waals surface area contributed by atoms with Crippen molar-refractivity contribution >= 4 is 17.7 Å². The smallest absolute Gasteiger partial charge is 0.359 e. The van der Waals surface area contributed by atoms with Crippen LogP contribution in [0.3, 0.4) is 0 Å². The number of aromatic nitrogens is 2. The minimum Gasteiger partial charge on any atom is -0.451 e. The Morgan fingerprint density at radius 1 is 1.33 bits per heavy atom. The van der Waals surface area contributed by atoms with Gasteiger partial charge in [0.25, 0.3) is 5.91 Å². The van der Waals surface area contributed by atoms with Gasteiger partial charge >= 0.3 is 5.97 Å². The van der Waals surface area contributed by atoms with Crippen molar-refractivity contribution < 1.29 is 14.3 Å². The van der Waals surface area contributed by atoms with Gasteiger partial charge in [0, 0.05) is 13.1 Å². The molecule has 1 aliphatic rings. The van der Waals surface area contributed by atoms with E-state index in [9.17, 15) is 9.59 Å². The van der Waals surface area contributed by atoms with Crippen molar-refractivity contribution in [2.75, 3.05) is 31.1 Å². The lowest BCUT2D eigenvalue weighted by molar-refractivity contribution is -0.123. The van der Waals surface area contributed by atoms with Gasteiger partial charge in [0.1, 0.15) is 0 Å². The lowest BCUT2D eigenvalue weighted by atomic mass is 10.4. The minimum atomic E-state index is -0.689. The summed E-state index contributed by atoms with van der Waals surface area (Å²) in [5, 5.41) is 10.2. The van der Waals surface area contributed by atoms with Crippen LogP contribution in [-0.2, 0) is 9.53 Å². The first-order valence-corrected chi connectivity index (χ1v) is 6.66. The molecule has 0 spiro atoms. The SMILES string of the molecule is C#CCNC(=O)COC(=O)c1ccc(N2CCCC2)nn1. The summed E-state index contributed by atoms with van der Waals surface area (Å²) in [6.07, 6.45) is 7.27. The van der Waals surface area contributed by atoms with Crippen LogP contribution in [0.4, 0.5) is 5.82 Å². The van der Waals surface area contributed by atoms with Crippen molar-refractivity contribution in [1.29, 1.82) is 0 Å². The summed E-state index contributed by atoms with van der Waals surface area (Å²) in [5.74, 6) is 1.85. The van der Waals surface area contributed by atoms with Gasteiger partial charge < -0.3 is 15.0 Å². The standard InChI is InChI=1S/C14H16N4O3/c1-2-7-15-13(19)10-21-14(20)11-5-6-12(17-16-11)18-8-3-4-9-18/h1,5-6H,3-4,7-10H2,(H,15,19). The Labute approximate surface area is 122 Å². The maximum atomic E-state index is 11.7. The average Bonchev–Trinajstić information content (AvgIpc) is 3.05.